The van der Waals surface area contributed by atoms with Crippen molar-refractivity contribution < 1.29 is 28.9 Å². The van der Waals surface area contributed by atoms with Gasteiger partial charge in [0.1, 0.15) is 17.2 Å². The second kappa shape index (κ2) is 13.3. The third kappa shape index (κ3) is 7.74. The summed E-state index contributed by atoms with van der Waals surface area (Å²) in [4.78, 5) is 25.8. The number of aromatic carboxylic acids is 1. The molecule has 4 rings (SSSR count). The zero-order valence-corrected chi connectivity index (χ0v) is 20.9. The molecule has 0 bridgehead atoms. The highest BCUT2D eigenvalue weighted by Crippen LogP contribution is 2.25. The molecule has 0 atom stereocenters. The second-order valence-corrected chi connectivity index (χ2v) is 8.97. The molecular weight excluding hydrogens is 470 g/mol. The van der Waals surface area contributed by atoms with Crippen LogP contribution in [0.4, 0.5) is 0 Å². The lowest BCUT2D eigenvalue weighted by atomic mass is 10.1. The molecule has 3 aromatic rings. The van der Waals surface area contributed by atoms with Gasteiger partial charge in [-0.3, -0.25) is 4.79 Å². The SMILES string of the molecule is O=C(O)c1ccc(OCCCc2ccc(OCCCCOc3ccccc3)cc2)c(C(=O)N2CCC2)c1. The average molecular weight is 504 g/mol. The van der Waals surface area contributed by atoms with E-state index in [1.54, 1.807) is 11.0 Å². The van der Waals surface area contributed by atoms with Gasteiger partial charge in [0.2, 0.25) is 0 Å². The van der Waals surface area contributed by atoms with Gasteiger partial charge in [-0.2, -0.15) is 0 Å². The summed E-state index contributed by atoms with van der Waals surface area (Å²) in [5.74, 6) is 0.926. The minimum atomic E-state index is -1.06. The largest absolute Gasteiger partial charge is 0.494 e. The Morgan fingerprint density at radius 1 is 0.757 bits per heavy atom. The van der Waals surface area contributed by atoms with E-state index in [2.05, 4.69) is 0 Å². The molecule has 0 saturated carbocycles. The molecule has 0 spiro atoms. The number of carbonyl (C=O) groups is 2. The van der Waals surface area contributed by atoms with Gasteiger partial charge in [-0.1, -0.05) is 30.3 Å². The fourth-order valence-corrected chi connectivity index (χ4v) is 3.96. The van der Waals surface area contributed by atoms with Crippen LogP contribution in [0.5, 0.6) is 17.2 Å². The summed E-state index contributed by atoms with van der Waals surface area (Å²) in [5.41, 5.74) is 1.57. The Morgan fingerprint density at radius 3 is 2.03 bits per heavy atom. The van der Waals surface area contributed by atoms with Crippen LogP contribution < -0.4 is 14.2 Å². The van der Waals surface area contributed by atoms with Crippen LogP contribution in [0.3, 0.4) is 0 Å². The highest BCUT2D eigenvalue weighted by atomic mass is 16.5. The van der Waals surface area contributed by atoms with E-state index >= 15 is 0 Å². The number of carbonyl (C=O) groups excluding carboxylic acids is 1. The molecule has 0 radical (unpaired) electrons. The van der Waals surface area contributed by atoms with Crippen LogP contribution in [0.15, 0.2) is 72.8 Å². The highest BCUT2D eigenvalue weighted by molar-refractivity contribution is 6.00. The molecule has 0 unspecified atom stereocenters. The quantitative estimate of drug-likeness (QED) is 0.293. The van der Waals surface area contributed by atoms with Gasteiger partial charge in [-0.15, -0.1) is 0 Å². The summed E-state index contributed by atoms with van der Waals surface area (Å²) in [6, 6.07) is 22.3. The normalized spacial score (nSPS) is 12.5. The molecule has 0 aliphatic carbocycles. The van der Waals surface area contributed by atoms with E-state index in [0.29, 0.717) is 44.2 Å². The molecule has 7 heteroatoms. The Kier molecular flexibility index (Phi) is 9.41. The lowest BCUT2D eigenvalue weighted by molar-refractivity contribution is 0.0647. The number of rotatable bonds is 14. The Hall–Kier alpha value is -4.00. The number of unbranched alkanes of at least 4 members (excludes halogenated alkanes) is 1. The van der Waals surface area contributed by atoms with Crippen LogP contribution in [0.2, 0.25) is 0 Å². The molecule has 37 heavy (non-hydrogen) atoms. The number of hydrogen-bond donors (Lipinski definition) is 1. The van der Waals surface area contributed by atoms with Crippen molar-refractivity contribution in [2.75, 3.05) is 32.9 Å². The lowest BCUT2D eigenvalue weighted by Gasteiger charge is -2.31. The van der Waals surface area contributed by atoms with E-state index < -0.39 is 5.97 Å². The predicted octanol–water partition coefficient (Wildman–Crippen LogP) is 5.48. The molecule has 1 heterocycles. The Balaban J connectivity index is 1.16. The average Bonchev–Trinajstić information content (AvgIpc) is 2.89. The van der Waals surface area contributed by atoms with Crippen LogP contribution in [-0.4, -0.2) is 54.8 Å². The van der Waals surface area contributed by atoms with Gasteiger partial charge in [-0.25, -0.2) is 4.79 Å². The van der Waals surface area contributed by atoms with Gasteiger partial charge in [0.05, 0.1) is 30.9 Å². The van der Waals surface area contributed by atoms with Crippen molar-refractivity contribution in [3.05, 3.63) is 89.5 Å². The van der Waals surface area contributed by atoms with E-state index in [9.17, 15) is 14.7 Å². The van der Waals surface area contributed by atoms with Crippen molar-refractivity contribution in [1.29, 1.82) is 0 Å². The molecule has 1 N–H and O–H groups in total. The lowest BCUT2D eigenvalue weighted by Crippen LogP contribution is -2.42. The minimum absolute atomic E-state index is 0.0825. The number of carboxylic acid groups (broad SMARTS) is 1. The van der Waals surface area contributed by atoms with Gasteiger partial charge < -0.3 is 24.2 Å². The van der Waals surface area contributed by atoms with Crippen LogP contribution in [0.1, 0.15) is 52.0 Å². The molecule has 3 aromatic carbocycles. The van der Waals surface area contributed by atoms with E-state index in [4.69, 9.17) is 14.2 Å². The van der Waals surface area contributed by atoms with Gasteiger partial charge >= 0.3 is 5.97 Å². The second-order valence-electron chi connectivity index (χ2n) is 8.97. The standard InChI is InChI=1S/C30H33NO6/c32-29(31-17-7-18-31)27-22-24(30(33)34)13-16-28(27)37-21-6-8-23-11-14-26(15-12-23)36-20-5-4-19-35-25-9-2-1-3-10-25/h1-3,9-16,22H,4-8,17-21H2,(H,33,34). The topological polar surface area (TPSA) is 85.3 Å². The number of aryl methyl sites for hydroxylation is 1. The zero-order valence-electron chi connectivity index (χ0n) is 20.9. The van der Waals surface area contributed by atoms with Crippen molar-refractivity contribution >= 4 is 11.9 Å². The van der Waals surface area contributed by atoms with Crippen molar-refractivity contribution in [3.63, 3.8) is 0 Å². The molecule has 7 nitrogen and oxygen atoms in total. The molecule has 194 valence electrons. The summed E-state index contributed by atoms with van der Waals surface area (Å²) in [6.45, 7) is 3.13. The number of carboxylic acids is 1. The third-order valence-corrected chi connectivity index (χ3v) is 6.21. The number of benzene rings is 3. The molecule has 1 fully saturated rings. The van der Waals surface area contributed by atoms with Crippen LogP contribution in [-0.2, 0) is 6.42 Å². The van der Waals surface area contributed by atoms with E-state index in [1.165, 1.54) is 17.7 Å². The fourth-order valence-electron chi connectivity index (χ4n) is 3.96. The number of likely N-dealkylation sites (tertiary alicyclic amines) is 1. The summed E-state index contributed by atoms with van der Waals surface area (Å²) in [7, 11) is 0. The summed E-state index contributed by atoms with van der Waals surface area (Å²) < 4.78 is 17.4. The molecule has 0 aromatic heterocycles. The molecule has 1 saturated heterocycles. The first-order chi connectivity index (χ1) is 18.1. The zero-order chi connectivity index (χ0) is 25.9. The van der Waals surface area contributed by atoms with Crippen molar-refractivity contribution in [2.24, 2.45) is 0 Å². The first-order valence-electron chi connectivity index (χ1n) is 12.8. The van der Waals surface area contributed by atoms with Gasteiger partial charge in [0.25, 0.3) is 5.91 Å². The van der Waals surface area contributed by atoms with E-state index in [1.807, 2.05) is 54.6 Å². The van der Waals surface area contributed by atoms with Gasteiger partial charge in [-0.05, 0) is 80.1 Å². The summed E-state index contributed by atoms with van der Waals surface area (Å²) >= 11 is 0. The molecule has 1 aliphatic rings. The Morgan fingerprint density at radius 2 is 1.41 bits per heavy atom. The van der Waals surface area contributed by atoms with Crippen LogP contribution >= 0.6 is 0 Å². The minimum Gasteiger partial charge on any atom is -0.494 e. The smallest absolute Gasteiger partial charge is 0.335 e. The van der Waals surface area contributed by atoms with E-state index in [-0.39, 0.29) is 11.5 Å². The summed E-state index contributed by atoms with van der Waals surface area (Å²) in [6.07, 6.45) is 4.40. The number of ether oxygens (including phenoxy) is 3. The maximum atomic E-state index is 12.7. The number of hydrogen-bond acceptors (Lipinski definition) is 5. The van der Waals surface area contributed by atoms with Crippen molar-refractivity contribution in [1.82, 2.24) is 4.90 Å². The van der Waals surface area contributed by atoms with E-state index in [0.717, 1.165) is 43.6 Å². The number of amides is 1. The maximum absolute atomic E-state index is 12.7. The number of nitrogens with zero attached hydrogens (tertiary/aromatic N) is 1. The first kappa shape index (κ1) is 26.1. The molecule has 1 aliphatic heterocycles. The monoisotopic (exact) mass is 503 g/mol. The van der Waals surface area contributed by atoms with Crippen LogP contribution in [0, 0.1) is 0 Å². The van der Waals surface area contributed by atoms with Gasteiger partial charge in [0, 0.05) is 13.1 Å². The molecular formula is C30H33NO6. The third-order valence-electron chi connectivity index (χ3n) is 6.21. The Bertz CT molecular complexity index is 1160. The number of para-hydroxylation sites is 1. The summed E-state index contributed by atoms with van der Waals surface area (Å²) in [5, 5.41) is 9.29. The van der Waals surface area contributed by atoms with Crippen molar-refractivity contribution in [2.45, 2.75) is 32.1 Å². The van der Waals surface area contributed by atoms with Gasteiger partial charge in [0.15, 0.2) is 0 Å². The van der Waals surface area contributed by atoms with Crippen molar-refractivity contribution in [3.8, 4) is 17.2 Å². The fraction of sp³-hybridized carbons (Fsp3) is 0.333. The first-order valence-corrected chi connectivity index (χ1v) is 12.8. The highest BCUT2D eigenvalue weighted by Gasteiger charge is 2.25. The predicted molar refractivity (Wildman–Crippen MR) is 141 cm³/mol. The van der Waals surface area contributed by atoms with Crippen LogP contribution in [0.25, 0.3) is 0 Å². The Labute approximate surface area is 217 Å². The maximum Gasteiger partial charge on any atom is 0.335 e. The molecule has 1 amide bonds.